The first-order chi connectivity index (χ1) is 8.71. The van der Waals surface area contributed by atoms with E-state index in [1.807, 2.05) is 13.8 Å². The van der Waals surface area contributed by atoms with E-state index in [2.05, 4.69) is 32.5 Å². The first-order valence-corrected chi connectivity index (χ1v) is 6.60. The van der Waals surface area contributed by atoms with Crippen LogP contribution in [0.4, 0.5) is 11.9 Å². The molecule has 100 valence electrons. The molecule has 0 unspecified atom stereocenters. The summed E-state index contributed by atoms with van der Waals surface area (Å²) in [6.07, 6.45) is 2.35. The van der Waals surface area contributed by atoms with Crippen LogP contribution in [-0.4, -0.2) is 34.1 Å². The van der Waals surface area contributed by atoms with Crippen molar-refractivity contribution in [3.63, 3.8) is 0 Å². The quantitative estimate of drug-likeness (QED) is 0.804. The van der Waals surface area contributed by atoms with Crippen molar-refractivity contribution in [2.75, 3.05) is 23.8 Å². The van der Waals surface area contributed by atoms with Crippen LogP contribution in [0.2, 0.25) is 0 Å². The number of rotatable bonds is 6. The summed E-state index contributed by atoms with van der Waals surface area (Å²) in [5.41, 5.74) is 0. The lowest BCUT2D eigenvalue weighted by molar-refractivity contribution is 0.302. The fourth-order valence-electron chi connectivity index (χ4n) is 2.05. The van der Waals surface area contributed by atoms with E-state index in [0.717, 1.165) is 12.5 Å². The summed E-state index contributed by atoms with van der Waals surface area (Å²) in [7, 11) is 0. The van der Waals surface area contributed by atoms with Gasteiger partial charge in [0, 0.05) is 12.6 Å². The molecule has 0 radical (unpaired) electrons. The van der Waals surface area contributed by atoms with E-state index in [9.17, 15) is 0 Å². The first-order valence-electron chi connectivity index (χ1n) is 6.60. The summed E-state index contributed by atoms with van der Waals surface area (Å²) in [5.74, 6) is 1.95. The zero-order chi connectivity index (χ0) is 13.0. The van der Waals surface area contributed by atoms with Crippen LogP contribution in [0.3, 0.4) is 0 Å². The molecule has 0 spiro atoms. The molecule has 1 aliphatic carbocycles. The summed E-state index contributed by atoms with van der Waals surface area (Å²) in [6, 6.07) is 0.852. The van der Waals surface area contributed by atoms with Crippen molar-refractivity contribution < 1.29 is 4.74 Å². The van der Waals surface area contributed by atoms with Crippen LogP contribution in [0.5, 0.6) is 6.01 Å². The molecule has 0 atom stereocenters. The zero-order valence-corrected chi connectivity index (χ0v) is 11.2. The van der Waals surface area contributed by atoms with Crippen LogP contribution in [-0.2, 0) is 0 Å². The Hall–Kier alpha value is -1.59. The van der Waals surface area contributed by atoms with Gasteiger partial charge in [-0.3, -0.25) is 0 Å². The molecule has 1 aromatic rings. The van der Waals surface area contributed by atoms with Gasteiger partial charge >= 0.3 is 6.01 Å². The van der Waals surface area contributed by atoms with Gasteiger partial charge in [-0.25, -0.2) is 0 Å². The molecule has 0 saturated heterocycles. The van der Waals surface area contributed by atoms with Gasteiger partial charge in [0.05, 0.1) is 6.61 Å². The molecule has 1 aliphatic rings. The van der Waals surface area contributed by atoms with Gasteiger partial charge in [-0.2, -0.15) is 15.0 Å². The average molecular weight is 251 g/mol. The van der Waals surface area contributed by atoms with Gasteiger partial charge in [-0.05, 0) is 32.6 Å². The Bertz CT molecular complexity index is 368. The van der Waals surface area contributed by atoms with Gasteiger partial charge in [0.1, 0.15) is 0 Å². The van der Waals surface area contributed by atoms with Crippen LogP contribution in [0, 0.1) is 5.92 Å². The summed E-state index contributed by atoms with van der Waals surface area (Å²) in [4.78, 5) is 12.8. The van der Waals surface area contributed by atoms with Crippen molar-refractivity contribution in [3.8, 4) is 6.01 Å². The Kier molecular flexibility index (Phi) is 4.17. The molecule has 2 rings (SSSR count). The SMILES string of the molecule is CCNc1nc(NC2CC(C)C2)nc(OCC)n1. The van der Waals surface area contributed by atoms with Crippen molar-refractivity contribution in [1.82, 2.24) is 15.0 Å². The summed E-state index contributed by atoms with van der Waals surface area (Å²) < 4.78 is 5.35. The van der Waals surface area contributed by atoms with Crippen molar-refractivity contribution in [3.05, 3.63) is 0 Å². The minimum atomic E-state index is 0.373. The van der Waals surface area contributed by atoms with Crippen LogP contribution in [0.15, 0.2) is 0 Å². The maximum atomic E-state index is 5.35. The van der Waals surface area contributed by atoms with E-state index in [4.69, 9.17) is 4.74 Å². The van der Waals surface area contributed by atoms with E-state index in [0.29, 0.717) is 30.6 Å². The van der Waals surface area contributed by atoms with Crippen molar-refractivity contribution in [1.29, 1.82) is 0 Å². The van der Waals surface area contributed by atoms with Gasteiger partial charge in [-0.1, -0.05) is 6.92 Å². The molecule has 0 aliphatic heterocycles. The molecule has 2 N–H and O–H groups in total. The molecular weight excluding hydrogens is 230 g/mol. The van der Waals surface area contributed by atoms with E-state index in [1.54, 1.807) is 0 Å². The van der Waals surface area contributed by atoms with Gasteiger partial charge < -0.3 is 15.4 Å². The van der Waals surface area contributed by atoms with E-state index >= 15 is 0 Å². The third kappa shape index (κ3) is 3.21. The molecule has 1 aromatic heterocycles. The first kappa shape index (κ1) is 12.9. The molecule has 1 heterocycles. The predicted octanol–water partition coefficient (Wildman–Crippen LogP) is 1.91. The summed E-state index contributed by atoms with van der Waals surface area (Å²) in [5, 5.41) is 6.41. The molecule has 1 saturated carbocycles. The Labute approximate surface area is 108 Å². The van der Waals surface area contributed by atoms with Crippen LogP contribution in [0.25, 0.3) is 0 Å². The predicted molar refractivity (Wildman–Crippen MR) is 71.0 cm³/mol. The molecule has 0 amide bonds. The maximum absolute atomic E-state index is 5.35. The number of hydrogen-bond acceptors (Lipinski definition) is 6. The van der Waals surface area contributed by atoms with Crippen molar-refractivity contribution in [2.45, 2.75) is 39.7 Å². The number of nitrogens with zero attached hydrogens (tertiary/aromatic N) is 3. The highest BCUT2D eigenvalue weighted by Gasteiger charge is 2.26. The number of anilines is 2. The van der Waals surface area contributed by atoms with Crippen LogP contribution >= 0.6 is 0 Å². The lowest BCUT2D eigenvalue weighted by Crippen LogP contribution is -2.34. The fraction of sp³-hybridized carbons (Fsp3) is 0.750. The topological polar surface area (TPSA) is 72.0 Å². The largest absolute Gasteiger partial charge is 0.464 e. The second-order valence-electron chi connectivity index (χ2n) is 4.65. The van der Waals surface area contributed by atoms with E-state index in [1.165, 1.54) is 12.8 Å². The van der Waals surface area contributed by atoms with E-state index < -0.39 is 0 Å². The molecule has 6 nitrogen and oxygen atoms in total. The highest BCUT2D eigenvalue weighted by Crippen LogP contribution is 2.28. The zero-order valence-electron chi connectivity index (χ0n) is 11.2. The van der Waals surface area contributed by atoms with Crippen LogP contribution in [0.1, 0.15) is 33.6 Å². The average Bonchev–Trinajstić information content (AvgIpc) is 2.27. The highest BCUT2D eigenvalue weighted by molar-refractivity contribution is 5.37. The molecule has 1 fully saturated rings. The number of ether oxygens (including phenoxy) is 1. The lowest BCUT2D eigenvalue weighted by atomic mass is 9.82. The summed E-state index contributed by atoms with van der Waals surface area (Å²) in [6.45, 7) is 7.49. The standard InChI is InChI=1S/C12H21N5O/c1-4-13-10-15-11(14-9-6-8(3)7-9)17-12(16-10)18-5-2/h8-9H,4-7H2,1-3H3,(H2,13,14,15,16,17). The van der Waals surface area contributed by atoms with E-state index in [-0.39, 0.29) is 0 Å². The Balaban J connectivity index is 2.06. The molecule has 6 heteroatoms. The third-order valence-electron chi connectivity index (χ3n) is 2.93. The highest BCUT2D eigenvalue weighted by atomic mass is 16.5. The number of aromatic nitrogens is 3. The minimum absolute atomic E-state index is 0.373. The second kappa shape index (κ2) is 5.84. The molecule has 0 aromatic carbocycles. The fourth-order valence-corrected chi connectivity index (χ4v) is 2.05. The molecule has 0 bridgehead atoms. The lowest BCUT2D eigenvalue weighted by Gasteiger charge is -2.33. The Morgan fingerprint density at radius 3 is 2.50 bits per heavy atom. The summed E-state index contributed by atoms with van der Waals surface area (Å²) >= 11 is 0. The number of nitrogens with one attached hydrogen (secondary N) is 2. The normalized spacial score (nSPS) is 22.2. The molecular formula is C12H21N5O. The van der Waals surface area contributed by atoms with Crippen molar-refractivity contribution in [2.24, 2.45) is 5.92 Å². The maximum Gasteiger partial charge on any atom is 0.323 e. The molecule has 18 heavy (non-hydrogen) atoms. The Morgan fingerprint density at radius 2 is 1.89 bits per heavy atom. The van der Waals surface area contributed by atoms with Gasteiger partial charge in [-0.15, -0.1) is 0 Å². The Morgan fingerprint density at radius 1 is 1.17 bits per heavy atom. The smallest absolute Gasteiger partial charge is 0.323 e. The third-order valence-corrected chi connectivity index (χ3v) is 2.93. The number of hydrogen-bond donors (Lipinski definition) is 2. The minimum Gasteiger partial charge on any atom is -0.464 e. The van der Waals surface area contributed by atoms with Crippen LogP contribution < -0.4 is 15.4 Å². The van der Waals surface area contributed by atoms with Gasteiger partial charge in [0.2, 0.25) is 11.9 Å². The van der Waals surface area contributed by atoms with Gasteiger partial charge in [0.25, 0.3) is 0 Å². The van der Waals surface area contributed by atoms with Crippen molar-refractivity contribution >= 4 is 11.9 Å². The second-order valence-corrected chi connectivity index (χ2v) is 4.65. The van der Waals surface area contributed by atoms with Gasteiger partial charge in [0.15, 0.2) is 0 Å². The monoisotopic (exact) mass is 251 g/mol.